The van der Waals surface area contributed by atoms with Crippen molar-refractivity contribution in [1.29, 1.82) is 0 Å². The van der Waals surface area contributed by atoms with Crippen molar-refractivity contribution >= 4 is 28.6 Å². The maximum Gasteiger partial charge on any atom is 0.339 e. The molecule has 7 heteroatoms. The fourth-order valence-corrected chi connectivity index (χ4v) is 3.75. The maximum absolute atomic E-state index is 13.2. The molecule has 33 heavy (non-hydrogen) atoms. The van der Waals surface area contributed by atoms with Gasteiger partial charge < -0.3 is 10.1 Å². The molecule has 2 aromatic heterocycles. The van der Waals surface area contributed by atoms with Crippen molar-refractivity contribution in [2.75, 3.05) is 5.32 Å². The molecule has 0 radical (unpaired) electrons. The Kier molecular flexibility index (Phi) is 5.96. The van der Waals surface area contributed by atoms with Gasteiger partial charge in [0.1, 0.15) is 0 Å². The highest BCUT2D eigenvalue weighted by atomic mass is 16.5. The number of amides is 1. The van der Waals surface area contributed by atoms with Gasteiger partial charge in [0.25, 0.3) is 5.91 Å². The van der Waals surface area contributed by atoms with E-state index in [4.69, 9.17) is 9.72 Å². The summed E-state index contributed by atoms with van der Waals surface area (Å²) in [6.45, 7) is 7.24. The number of aromatic nitrogens is 3. The Hall–Kier alpha value is -4.00. The van der Waals surface area contributed by atoms with E-state index in [2.05, 4.69) is 10.4 Å². The van der Waals surface area contributed by atoms with Crippen LogP contribution in [0.2, 0.25) is 0 Å². The number of hydrogen-bond donors (Lipinski definition) is 1. The van der Waals surface area contributed by atoms with Gasteiger partial charge in [-0.2, -0.15) is 5.10 Å². The van der Waals surface area contributed by atoms with Gasteiger partial charge in [0.15, 0.2) is 11.8 Å². The van der Waals surface area contributed by atoms with Gasteiger partial charge in [0, 0.05) is 18.3 Å². The molecule has 0 fully saturated rings. The van der Waals surface area contributed by atoms with E-state index >= 15 is 0 Å². The molecular formula is C26H26N4O3. The van der Waals surface area contributed by atoms with E-state index in [1.807, 2.05) is 69.3 Å². The molecule has 0 spiro atoms. The Morgan fingerprint density at radius 2 is 1.76 bits per heavy atom. The van der Waals surface area contributed by atoms with Crippen LogP contribution in [0, 0.1) is 20.8 Å². The first-order valence-corrected chi connectivity index (χ1v) is 10.7. The minimum atomic E-state index is -0.988. The maximum atomic E-state index is 13.2. The fourth-order valence-electron chi connectivity index (χ4n) is 3.75. The smallest absolute Gasteiger partial charge is 0.339 e. The SMILES string of the molecule is Cc1ccc(C)c(NC(=O)C(C)OC(=O)c2cc(-c3ccccc3)nc3c2c(C)nn3C)c1. The van der Waals surface area contributed by atoms with Crippen molar-refractivity contribution in [1.82, 2.24) is 14.8 Å². The molecule has 0 bridgehead atoms. The van der Waals surface area contributed by atoms with Crippen LogP contribution in [0.4, 0.5) is 5.69 Å². The van der Waals surface area contributed by atoms with Crippen LogP contribution in [0.1, 0.15) is 34.1 Å². The number of carbonyl (C=O) groups excluding carboxylic acids is 2. The largest absolute Gasteiger partial charge is 0.449 e. The van der Waals surface area contributed by atoms with Crippen molar-refractivity contribution < 1.29 is 14.3 Å². The Morgan fingerprint density at radius 3 is 2.48 bits per heavy atom. The molecule has 168 valence electrons. The molecule has 4 aromatic rings. The van der Waals surface area contributed by atoms with E-state index in [1.54, 1.807) is 24.7 Å². The van der Waals surface area contributed by atoms with Gasteiger partial charge in [-0.15, -0.1) is 0 Å². The van der Waals surface area contributed by atoms with Gasteiger partial charge in [-0.05, 0) is 51.0 Å². The van der Waals surface area contributed by atoms with E-state index in [-0.39, 0.29) is 0 Å². The van der Waals surface area contributed by atoms with Crippen molar-refractivity contribution in [2.45, 2.75) is 33.8 Å². The standard InChI is InChI=1S/C26H26N4O3/c1-15-11-12-16(2)21(13-15)28-25(31)18(4)33-26(32)20-14-22(19-9-7-6-8-10-19)27-24-23(20)17(3)29-30(24)5/h6-14,18H,1-5H3,(H,28,31). The summed E-state index contributed by atoms with van der Waals surface area (Å²) in [5, 5.41) is 7.89. The van der Waals surface area contributed by atoms with Crippen molar-refractivity contribution in [3.05, 3.63) is 77.0 Å². The Balaban J connectivity index is 1.64. The second kappa shape index (κ2) is 8.86. The van der Waals surface area contributed by atoms with Gasteiger partial charge in [-0.1, -0.05) is 42.5 Å². The van der Waals surface area contributed by atoms with Crippen molar-refractivity contribution in [3.63, 3.8) is 0 Å². The van der Waals surface area contributed by atoms with Crippen molar-refractivity contribution in [3.8, 4) is 11.3 Å². The Morgan fingerprint density at radius 1 is 1.03 bits per heavy atom. The van der Waals surface area contributed by atoms with Crippen LogP contribution in [0.25, 0.3) is 22.3 Å². The molecule has 2 aromatic carbocycles. The molecule has 0 aliphatic carbocycles. The molecule has 1 N–H and O–H groups in total. The molecule has 1 amide bonds. The lowest BCUT2D eigenvalue weighted by Gasteiger charge is -2.16. The number of aryl methyl sites for hydroxylation is 4. The van der Waals surface area contributed by atoms with Crippen LogP contribution in [-0.2, 0) is 16.6 Å². The average Bonchev–Trinajstić information content (AvgIpc) is 3.09. The van der Waals surface area contributed by atoms with Crippen LogP contribution >= 0.6 is 0 Å². The van der Waals surface area contributed by atoms with Crippen LogP contribution in [0.3, 0.4) is 0 Å². The first kappa shape index (κ1) is 22.2. The zero-order valence-electron chi connectivity index (χ0n) is 19.3. The first-order valence-electron chi connectivity index (χ1n) is 10.7. The number of esters is 1. The van der Waals surface area contributed by atoms with E-state index in [0.29, 0.717) is 33.7 Å². The predicted molar refractivity (Wildman–Crippen MR) is 128 cm³/mol. The highest BCUT2D eigenvalue weighted by molar-refractivity contribution is 6.06. The zero-order valence-corrected chi connectivity index (χ0v) is 19.3. The van der Waals surface area contributed by atoms with Gasteiger partial charge in [-0.25, -0.2) is 9.78 Å². The van der Waals surface area contributed by atoms with E-state index in [0.717, 1.165) is 16.7 Å². The fraction of sp³-hybridized carbons (Fsp3) is 0.231. The molecule has 2 heterocycles. The molecule has 4 rings (SSSR count). The molecule has 0 saturated heterocycles. The van der Waals surface area contributed by atoms with Gasteiger partial charge in [0.2, 0.25) is 0 Å². The molecule has 0 aliphatic heterocycles. The third kappa shape index (κ3) is 4.48. The monoisotopic (exact) mass is 442 g/mol. The summed E-state index contributed by atoms with van der Waals surface area (Å²) in [6, 6.07) is 17.1. The molecule has 0 saturated carbocycles. The van der Waals surface area contributed by atoms with E-state index in [1.165, 1.54) is 0 Å². The second-order valence-corrected chi connectivity index (χ2v) is 8.18. The number of nitrogens with one attached hydrogen (secondary N) is 1. The predicted octanol–water partition coefficient (Wildman–Crippen LogP) is 4.74. The van der Waals surface area contributed by atoms with E-state index < -0.39 is 18.0 Å². The van der Waals surface area contributed by atoms with Crippen LogP contribution in [-0.4, -0.2) is 32.7 Å². The van der Waals surface area contributed by atoms with Crippen LogP contribution in [0.15, 0.2) is 54.6 Å². The summed E-state index contributed by atoms with van der Waals surface area (Å²) in [6.07, 6.45) is -0.988. The number of fused-ring (bicyclic) bond motifs is 1. The molecule has 0 aliphatic rings. The summed E-state index contributed by atoms with van der Waals surface area (Å²) < 4.78 is 7.23. The average molecular weight is 443 g/mol. The summed E-state index contributed by atoms with van der Waals surface area (Å²) in [4.78, 5) is 30.7. The summed E-state index contributed by atoms with van der Waals surface area (Å²) in [7, 11) is 1.78. The lowest BCUT2D eigenvalue weighted by atomic mass is 10.1. The Labute approximate surface area is 192 Å². The van der Waals surface area contributed by atoms with Gasteiger partial charge in [0.05, 0.1) is 22.3 Å². The normalized spacial score (nSPS) is 11.9. The van der Waals surface area contributed by atoms with Crippen LogP contribution < -0.4 is 5.32 Å². The molecular weight excluding hydrogens is 416 g/mol. The first-order chi connectivity index (χ1) is 15.7. The number of benzene rings is 2. The number of hydrogen-bond acceptors (Lipinski definition) is 5. The molecule has 1 atom stereocenters. The summed E-state index contributed by atoms with van der Waals surface area (Å²) >= 11 is 0. The number of ether oxygens (including phenoxy) is 1. The number of pyridine rings is 1. The minimum absolute atomic E-state index is 0.329. The van der Waals surface area contributed by atoms with Gasteiger partial charge >= 0.3 is 5.97 Å². The number of nitrogens with zero attached hydrogens (tertiary/aromatic N) is 3. The molecule has 1 unspecified atom stereocenters. The number of rotatable bonds is 5. The minimum Gasteiger partial charge on any atom is -0.449 e. The topological polar surface area (TPSA) is 86.1 Å². The quantitative estimate of drug-likeness (QED) is 0.451. The second-order valence-electron chi connectivity index (χ2n) is 8.18. The zero-order chi connectivity index (χ0) is 23.7. The Bertz CT molecular complexity index is 1360. The lowest BCUT2D eigenvalue weighted by molar-refractivity contribution is -0.123. The third-order valence-corrected chi connectivity index (χ3v) is 5.56. The summed E-state index contributed by atoms with van der Waals surface area (Å²) in [5.41, 5.74) is 5.73. The highest BCUT2D eigenvalue weighted by Gasteiger charge is 2.24. The number of anilines is 1. The van der Waals surface area contributed by atoms with E-state index in [9.17, 15) is 9.59 Å². The molecule has 7 nitrogen and oxygen atoms in total. The van der Waals surface area contributed by atoms with Crippen molar-refractivity contribution in [2.24, 2.45) is 7.05 Å². The van der Waals surface area contributed by atoms with Crippen LogP contribution in [0.5, 0.6) is 0 Å². The van der Waals surface area contributed by atoms with Gasteiger partial charge in [-0.3, -0.25) is 9.48 Å². The highest BCUT2D eigenvalue weighted by Crippen LogP contribution is 2.27. The summed E-state index contributed by atoms with van der Waals surface area (Å²) in [5.74, 6) is -0.993. The third-order valence-electron chi connectivity index (χ3n) is 5.56. The number of carbonyl (C=O) groups is 2. The lowest BCUT2D eigenvalue weighted by Crippen LogP contribution is -2.30.